The lowest BCUT2D eigenvalue weighted by Gasteiger charge is -2.11. The van der Waals surface area contributed by atoms with E-state index < -0.39 is 23.7 Å². The lowest BCUT2D eigenvalue weighted by atomic mass is 10.1. The minimum absolute atomic E-state index is 0.0507. The molecule has 0 radical (unpaired) electrons. The monoisotopic (exact) mass is 231 g/mol. The Kier molecular flexibility index (Phi) is 3.73. The van der Waals surface area contributed by atoms with Crippen LogP contribution in [0.2, 0.25) is 0 Å². The molecule has 1 heterocycles. The smallest absolute Gasteiger partial charge is 0.357 e. The zero-order valence-corrected chi connectivity index (χ0v) is 8.54. The molecule has 0 amide bonds. The van der Waals surface area contributed by atoms with E-state index in [1.165, 1.54) is 6.07 Å². The second kappa shape index (κ2) is 4.84. The number of nitrogens with two attached hydrogens (primary N) is 2. The maximum absolute atomic E-state index is 12.8. The van der Waals surface area contributed by atoms with Gasteiger partial charge in [-0.3, -0.25) is 0 Å². The minimum Gasteiger partial charge on any atom is -0.464 e. The van der Waals surface area contributed by atoms with Crippen molar-refractivity contribution in [1.29, 1.82) is 0 Å². The maximum Gasteiger partial charge on any atom is 0.357 e. The van der Waals surface area contributed by atoms with Crippen LogP contribution in [-0.4, -0.2) is 18.1 Å². The van der Waals surface area contributed by atoms with Gasteiger partial charge in [-0.2, -0.15) is 0 Å². The van der Waals surface area contributed by atoms with Crippen LogP contribution in [-0.2, 0) is 11.3 Å². The van der Waals surface area contributed by atoms with E-state index >= 15 is 0 Å². The molecule has 7 heteroatoms. The highest BCUT2D eigenvalue weighted by molar-refractivity contribution is 5.89. The Balaban J connectivity index is 3.44. The van der Waals surface area contributed by atoms with E-state index in [0.717, 1.165) is 7.11 Å². The van der Waals surface area contributed by atoms with E-state index in [2.05, 4.69) is 9.72 Å². The number of carbonyl (C=O) groups excluding carboxylic acids is 1. The predicted molar refractivity (Wildman–Crippen MR) is 52.8 cm³/mol. The first-order valence-electron chi connectivity index (χ1n) is 4.37. The summed E-state index contributed by atoms with van der Waals surface area (Å²) in [5.74, 6) is -1.01. The van der Waals surface area contributed by atoms with Crippen LogP contribution < -0.4 is 11.5 Å². The topological polar surface area (TPSA) is 91.2 Å². The molecule has 0 aliphatic heterocycles. The fourth-order valence-corrected chi connectivity index (χ4v) is 1.29. The summed E-state index contributed by atoms with van der Waals surface area (Å²) in [6, 6.07) is 1.22. The molecule has 0 spiro atoms. The first-order chi connectivity index (χ1) is 7.51. The summed E-state index contributed by atoms with van der Waals surface area (Å²) >= 11 is 0. The molecule has 0 fully saturated rings. The number of hydrogen-bond donors (Lipinski definition) is 2. The summed E-state index contributed by atoms with van der Waals surface area (Å²) in [6.45, 7) is -0.156. The summed E-state index contributed by atoms with van der Waals surface area (Å²) in [5, 5.41) is 0. The lowest BCUT2D eigenvalue weighted by Crippen LogP contribution is -2.15. The van der Waals surface area contributed by atoms with Crippen molar-refractivity contribution in [3.63, 3.8) is 0 Å². The molecule has 5 nitrogen and oxygen atoms in total. The van der Waals surface area contributed by atoms with Crippen molar-refractivity contribution < 1.29 is 18.3 Å². The van der Waals surface area contributed by atoms with Crippen LogP contribution >= 0.6 is 0 Å². The lowest BCUT2D eigenvalue weighted by molar-refractivity contribution is 0.0581. The molecule has 1 rings (SSSR count). The van der Waals surface area contributed by atoms with Crippen LogP contribution in [0.25, 0.3) is 0 Å². The number of aromatic nitrogens is 1. The van der Waals surface area contributed by atoms with Gasteiger partial charge in [-0.1, -0.05) is 0 Å². The molecule has 0 aliphatic rings. The van der Waals surface area contributed by atoms with E-state index in [0.29, 0.717) is 0 Å². The third-order valence-corrected chi connectivity index (χ3v) is 1.98. The van der Waals surface area contributed by atoms with Gasteiger partial charge in [0.2, 0.25) is 0 Å². The Labute approximate surface area is 90.4 Å². The van der Waals surface area contributed by atoms with Gasteiger partial charge in [-0.05, 0) is 11.6 Å². The second-order valence-corrected chi connectivity index (χ2v) is 2.96. The summed E-state index contributed by atoms with van der Waals surface area (Å²) in [7, 11) is 1.07. The zero-order valence-electron chi connectivity index (χ0n) is 8.54. The Bertz CT molecular complexity index is 410. The number of esters is 1. The number of alkyl halides is 2. The Morgan fingerprint density at radius 2 is 2.25 bits per heavy atom. The SMILES string of the molecule is COC(=O)c1nc(N)cc(CN)c1C(F)F. The highest BCUT2D eigenvalue weighted by atomic mass is 19.3. The third kappa shape index (κ3) is 2.25. The maximum atomic E-state index is 12.8. The molecule has 1 aromatic rings. The summed E-state index contributed by atoms with van der Waals surface area (Å²) in [4.78, 5) is 14.8. The number of rotatable bonds is 3. The molecule has 88 valence electrons. The molecule has 0 aromatic carbocycles. The van der Waals surface area contributed by atoms with E-state index in [1.54, 1.807) is 0 Å². The highest BCUT2D eigenvalue weighted by Crippen LogP contribution is 2.27. The number of nitrogens with zero attached hydrogens (tertiary/aromatic N) is 1. The van der Waals surface area contributed by atoms with Gasteiger partial charge < -0.3 is 16.2 Å². The van der Waals surface area contributed by atoms with Gasteiger partial charge in [0.15, 0.2) is 5.69 Å². The number of halogens is 2. The van der Waals surface area contributed by atoms with Gasteiger partial charge in [-0.15, -0.1) is 0 Å². The number of carbonyl (C=O) groups is 1. The van der Waals surface area contributed by atoms with Crippen LogP contribution in [0.5, 0.6) is 0 Å². The van der Waals surface area contributed by atoms with Gasteiger partial charge in [0.1, 0.15) is 5.82 Å². The zero-order chi connectivity index (χ0) is 12.3. The summed E-state index contributed by atoms with van der Waals surface area (Å²) < 4.78 is 29.9. The standard InChI is InChI=1S/C9H11F2N3O2/c1-16-9(15)7-6(8(10)11)4(3-12)2-5(13)14-7/h2,8H,3,12H2,1H3,(H2,13,14). The van der Waals surface area contributed by atoms with Gasteiger partial charge in [-0.25, -0.2) is 18.6 Å². The molecule has 0 unspecified atom stereocenters. The van der Waals surface area contributed by atoms with E-state index in [4.69, 9.17) is 11.5 Å². The van der Waals surface area contributed by atoms with E-state index in [9.17, 15) is 13.6 Å². The largest absolute Gasteiger partial charge is 0.464 e. The van der Waals surface area contributed by atoms with E-state index in [1.807, 2.05) is 0 Å². The van der Waals surface area contributed by atoms with Crippen LogP contribution in [0.15, 0.2) is 6.07 Å². The first-order valence-corrected chi connectivity index (χ1v) is 4.37. The molecule has 1 aromatic heterocycles. The molecule has 16 heavy (non-hydrogen) atoms. The first kappa shape index (κ1) is 12.3. The molecule has 0 atom stereocenters. The summed E-state index contributed by atoms with van der Waals surface area (Å²) in [6.07, 6.45) is -2.86. The van der Waals surface area contributed by atoms with Crippen molar-refractivity contribution in [2.45, 2.75) is 13.0 Å². The number of hydrogen-bond acceptors (Lipinski definition) is 5. The predicted octanol–water partition coefficient (Wildman–Crippen LogP) is 0.847. The Morgan fingerprint density at radius 1 is 1.62 bits per heavy atom. The number of nitrogen functional groups attached to an aromatic ring is 1. The van der Waals surface area contributed by atoms with Crippen LogP contribution in [0.3, 0.4) is 0 Å². The van der Waals surface area contributed by atoms with Gasteiger partial charge in [0.25, 0.3) is 6.43 Å². The number of anilines is 1. The summed E-state index contributed by atoms with van der Waals surface area (Å²) in [5.41, 5.74) is 9.75. The quantitative estimate of drug-likeness (QED) is 0.752. The van der Waals surface area contributed by atoms with Crippen molar-refractivity contribution in [1.82, 2.24) is 4.98 Å². The third-order valence-electron chi connectivity index (χ3n) is 1.98. The highest BCUT2D eigenvalue weighted by Gasteiger charge is 2.24. The fourth-order valence-electron chi connectivity index (χ4n) is 1.29. The number of methoxy groups -OCH3 is 1. The second-order valence-electron chi connectivity index (χ2n) is 2.96. The average Bonchev–Trinajstić information content (AvgIpc) is 2.26. The van der Waals surface area contributed by atoms with Gasteiger partial charge >= 0.3 is 5.97 Å². The van der Waals surface area contributed by atoms with Crippen molar-refractivity contribution >= 4 is 11.8 Å². The van der Waals surface area contributed by atoms with Crippen LogP contribution in [0, 0.1) is 0 Å². The Hall–Kier alpha value is -1.76. The minimum atomic E-state index is -2.86. The van der Waals surface area contributed by atoms with Crippen LogP contribution in [0.4, 0.5) is 14.6 Å². The number of pyridine rings is 1. The van der Waals surface area contributed by atoms with Crippen LogP contribution in [0.1, 0.15) is 28.0 Å². The molecular weight excluding hydrogens is 220 g/mol. The van der Waals surface area contributed by atoms with Crippen molar-refractivity contribution in [3.8, 4) is 0 Å². The van der Waals surface area contributed by atoms with Gasteiger partial charge in [0.05, 0.1) is 12.7 Å². The van der Waals surface area contributed by atoms with Crippen molar-refractivity contribution in [2.24, 2.45) is 5.73 Å². The number of ether oxygens (including phenoxy) is 1. The van der Waals surface area contributed by atoms with E-state index in [-0.39, 0.29) is 17.9 Å². The molecule has 0 aliphatic carbocycles. The molecule has 4 N–H and O–H groups in total. The normalized spacial score (nSPS) is 10.6. The molecule has 0 saturated heterocycles. The fraction of sp³-hybridized carbons (Fsp3) is 0.333. The molecular formula is C9H11F2N3O2. The van der Waals surface area contributed by atoms with Gasteiger partial charge in [0, 0.05) is 6.54 Å². The molecule has 0 saturated carbocycles. The average molecular weight is 231 g/mol. The van der Waals surface area contributed by atoms with Crippen molar-refractivity contribution in [3.05, 3.63) is 22.9 Å². The Morgan fingerprint density at radius 3 is 2.69 bits per heavy atom. The van der Waals surface area contributed by atoms with Crippen molar-refractivity contribution in [2.75, 3.05) is 12.8 Å². The molecule has 0 bridgehead atoms.